The standard InChI is InChI=1S/C23H28N4O3S/c1-16(2)29-19-6-3-5-17(13-19)14-24-23(28)18-8-10-27(11-9-18)15-21-25-22(26-30-21)20-7-4-12-31-20/h3-7,12-13,16,18H,8-11,14-15H2,1-2H3,(H,24,28). The van der Waals surface area contributed by atoms with Crippen molar-refractivity contribution >= 4 is 17.2 Å². The lowest BCUT2D eigenvalue weighted by Crippen LogP contribution is -2.40. The van der Waals surface area contributed by atoms with E-state index in [1.54, 1.807) is 11.3 Å². The molecule has 0 bridgehead atoms. The fourth-order valence-electron chi connectivity index (χ4n) is 3.70. The summed E-state index contributed by atoms with van der Waals surface area (Å²) in [5, 5.41) is 9.14. The number of piperidine rings is 1. The second-order valence-corrected chi connectivity index (χ2v) is 9.02. The summed E-state index contributed by atoms with van der Waals surface area (Å²) in [6.45, 7) is 6.82. The van der Waals surface area contributed by atoms with Crippen LogP contribution in [0.4, 0.5) is 0 Å². The Balaban J connectivity index is 1.22. The predicted molar refractivity (Wildman–Crippen MR) is 120 cm³/mol. The molecular formula is C23H28N4O3S. The molecule has 1 amide bonds. The van der Waals surface area contributed by atoms with E-state index in [1.165, 1.54) is 0 Å². The lowest BCUT2D eigenvalue weighted by atomic mass is 9.96. The van der Waals surface area contributed by atoms with Crippen molar-refractivity contribution < 1.29 is 14.1 Å². The molecule has 4 rings (SSSR count). The number of hydrogen-bond donors (Lipinski definition) is 1. The maximum absolute atomic E-state index is 12.6. The van der Waals surface area contributed by atoms with E-state index < -0.39 is 0 Å². The summed E-state index contributed by atoms with van der Waals surface area (Å²) in [6.07, 6.45) is 1.78. The van der Waals surface area contributed by atoms with Gasteiger partial charge in [0.05, 0.1) is 17.5 Å². The van der Waals surface area contributed by atoms with Gasteiger partial charge in [0.2, 0.25) is 17.6 Å². The van der Waals surface area contributed by atoms with E-state index in [-0.39, 0.29) is 17.9 Å². The van der Waals surface area contributed by atoms with Crippen LogP contribution in [0, 0.1) is 5.92 Å². The topological polar surface area (TPSA) is 80.5 Å². The molecule has 0 spiro atoms. The Kier molecular flexibility index (Phi) is 6.99. The van der Waals surface area contributed by atoms with Gasteiger partial charge in [-0.1, -0.05) is 23.4 Å². The number of nitrogens with one attached hydrogen (secondary N) is 1. The minimum Gasteiger partial charge on any atom is -0.491 e. The van der Waals surface area contributed by atoms with Gasteiger partial charge in [-0.15, -0.1) is 11.3 Å². The maximum Gasteiger partial charge on any atom is 0.241 e. The first kappa shape index (κ1) is 21.5. The number of nitrogens with zero attached hydrogens (tertiary/aromatic N) is 3. The molecule has 1 N–H and O–H groups in total. The van der Waals surface area contributed by atoms with Crippen LogP contribution in [-0.4, -0.2) is 40.1 Å². The fraction of sp³-hybridized carbons (Fsp3) is 0.435. The highest BCUT2D eigenvalue weighted by Gasteiger charge is 2.26. The highest BCUT2D eigenvalue weighted by molar-refractivity contribution is 7.13. The van der Waals surface area contributed by atoms with Crippen LogP contribution in [0.25, 0.3) is 10.7 Å². The quantitative estimate of drug-likeness (QED) is 0.568. The Labute approximate surface area is 186 Å². The third-order valence-corrected chi connectivity index (χ3v) is 6.13. The van der Waals surface area contributed by atoms with Crippen LogP contribution in [0.1, 0.15) is 38.1 Å². The molecule has 1 fully saturated rings. The smallest absolute Gasteiger partial charge is 0.241 e. The summed E-state index contributed by atoms with van der Waals surface area (Å²) in [5.74, 6) is 2.25. The maximum atomic E-state index is 12.6. The normalized spacial score (nSPS) is 15.3. The summed E-state index contributed by atoms with van der Waals surface area (Å²) in [6, 6.07) is 11.8. The average Bonchev–Trinajstić information content (AvgIpc) is 3.44. The van der Waals surface area contributed by atoms with Gasteiger partial charge in [-0.3, -0.25) is 9.69 Å². The average molecular weight is 441 g/mol. The molecule has 3 heterocycles. The number of ether oxygens (including phenoxy) is 1. The Morgan fingerprint density at radius 3 is 2.87 bits per heavy atom. The summed E-state index contributed by atoms with van der Waals surface area (Å²) in [5.41, 5.74) is 1.04. The first-order valence-corrected chi connectivity index (χ1v) is 11.6. The Hall–Kier alpha value is -2.71. The predicted octanol–water partition coefficient (Wildman–Crippen LogP) is 4.11. The van der Waals surface area contributed by atoms with Crippen molar-refractivity contribution in [3.8, 4) is 16.5 Å². The second-order valence-electron chi connectivity index (χ2n) is 8.07. The third kappa shape index (κ3) is 5.92. The van der Waals surface area contributed by atoms with Gasteiger partial charge in [-0.2, -0.15) is 4.98 Å². The Morgan fingerprint density at radius 1 is 1.29 bits per heavy atom. The first-order chi connectivity index (χ1) is 15.1. The van der Waals surface area contributed by atoms with Gasteiger partial charge in [-0.25, -0.2) is 0 Å². The monoisotopic (exact) mass is 440 g/mol. The van der Waals surface area contributed by atoms with Gasteiger partial charge in [0, 0.05) is 12.5 Å². The Morgan fingerprint density at radius 2 is 2.13 bits per heavy atom. The lowest BCUT2D eigenvalue weighted by molar-refractivity contribution is -0.126. The van der Waals surface area contributed by atoms with Crippen LogP contribution in [-0.2, 0) is 17.9 Å². The number of thiophene rings is 1. The van der Waals surface area contributed by atoms with Crippen molar-refractivity contribution in [3.63, 3.8) is 0 Å². The van der Waals surface area contributed by atoms with Gasteiger partial charge in [0.25, 0.3) is 0 Å². The molecule has 3 aromatic rings. The molecule has 1 aromatic carbocycles. The SMILES string of the molecule is CC(C)Oc1cccc(CNC(=O)C2CCN(Cc3nc(-c4cccs4)no3)CC2)c1. The van der Waals surface area contributed by atoms with Crippen molar-refractivity contribution in [1.29, 1.82) is 0 Å². The van der Waals surface area contributed by atoms with Crippen molar-refractivity contribution in [3.05, 3.63) is 53.2 Å². The van der Waals surface area contributed by atoms with Gasteiger partial charge in [0.1, 0.15) is 5.75 Å². The van der Waals surface area contributed by atoms with E-state index in [0.717, 1.165) is 42.1 Å². The summed E-state index contributed by atoms with van der Waals surface area (Å²) in [4.78, 5) is 20.4. The number of benzene rings is 1. The molecule has 0 radical (unpaired) electrons. The van der Waals surface area contributed by atoms with Gasteiger partial charge >= 0.3 is 0 Å². The number of hydrogen-bond acceptors (Lipinski definition) is 7. The molecule has 2 aromatic heterocycles. The largest absolute Gasteiger partial charge is 0.491 e. The van der Waals surface area contributed by atoms with E-state index in [0.29, 0.717) is 24.8 Å². The minimum atomic E-state index is 0.0377. The van der Waals surface area contributed by atoms with Crippen LogP contribution in [0.15, 0.2) is 46.3 Å². The number of likely N-dealkylation sites (tertiary alicyclic amines) is 1. The van der Waals surface area contributed by atoms with Crippen molar-refractivity contribution in [1.82, 2.24) is 20.4 Å². The molecule has 0 aliphatic carbocycles. The molecule has 31 heavy (non-hydrogen) atoms. The van der Waals surface area contributed by atoms with Crippen LogP contribution in [0.5, 0.6) is 5.75 Å². The number of carbonyl (C=O) groups excluding carboxylic acids is 1. The Bertz CT molecular complexity index is 978. The fourth-order valence-corrected chi connectivity index (χ4v) is 4.35. The van der Waals surface area contributed by atoms with E-state index in [4.69, 9.17) is 9.26 Å². The van der Waals surface area contributed by atoms with Crippen molar-refractivity contribution in [2.75, 3.05) is 13.1 Å². The zero-order valence-corrected chi connectivity index (χ0v) is 18.7. The van der Waals surface area contributed by atoms with Gasteiger partial charge in [-0.05, 0) is 68.9 Å². The molecule has 1 aliphatic rings. The van der Waals surface area contributed by atoms with E-state index in [9.17, 15) is 4.79 Å². The van der Waals surface area contributed by atoms with Crippen LogP contribution in [0.3, 0.4) is 0 Å². The van der Waals surface area contributed by atoms with E-state index in [1.807, 2.05) is 55.6 Å². The molecule has 7 nitrogen and oxygen atoms in total. The number of amides is 1. The number of carbonyl (C=O) groups is 1. The highest BCUT2D eigenvalue weighted by atomic mass is 32.1. The summed E-state index contributed by atoms with van der Waals surface area (Å²) >= 11 is 1.59. The number of aromatic nitrogens is 2. The van der Waals surface area contributed by atoms with E-state index >= 15 is 0 Å². The van der Waals surface area contributed by atoms with Crippen molar-refractivity contribution in [2.45, 2.75) is 45.9 Å². The van der Waals surface area contributed by atoms with Gasteiger partial charge in [0.15, 0.2) is 0 Å². The number of rotatable bonds is 8. The summed E-state index contributed by atoms with van der Waals surface area (Å²) < 4.78 is 11.1. The molecule has 1 saturated heterocycles. The third-order valence-electron chi connectivity index (χ3n) is 5.26. The molecule has 0 unspecified atom stereocenters. The van der Waals surface area contributed by atoms with Crippen LogP contribution < -0.4 is 10.1 Å². The zero-order chi connectivity index (χ0) is 21.6. The van der Waals surface area contributed by atoms with Gasteiger partial charge < -0.3 is 14.6 Å². The van der Waals surface area contributed by atoms with Crippen molar-refractivity contribution in [2.24, 2.45) is 5.92 Å². The van der Waals surface area contributed by atoms with Crippen LogP contribution in [0.2, 0.25) is 0 Å². The second kappa shape index (κ2) is 10.1. The molecule has 8 heteroatoms. The first-order valence-electron chi connectivity index (χ1n) is 10.7. The molecule has 0 atom stereocenters. The zero-order valence-electron chi connectivity index (χ0n) is 17.9. The highest BCUT2D eigenvalue weighted by Crippen LogP contribution is 2.23. The molecular weight excluding hydrogens is 412 g/mol. The van der Waals surface area contributed by atoms with E-state index in [2.05, 4.69) is 20.4 Å². The minimum absolute atomic E-state index is 0.0377. The molecule has 164 valence electrons. The summed E-state index contributed by atoms with van der Waals surface area (Å²) in [7, 11) is 0. The molecule has 0 saturated carbocycles. The van der Waals surface area contributed by atoms with Crippen LogP contribution >= 0.6 is 11.3 Å². The lowest BCUT2D eigenvalue weighted by Gasteiger charge is -2.30. The molecule has 1 aliphatic heterocycles.